The first-order valence-corrected chi connectivity index (χ1v) is 19.2. The summed E-state index contributed by atoms with van der Waals surface area (Å²) in [6.45, 7) is 15.6. The minimum Gasteiger partial charge on any atom is -0.507 e. The first-order valence-electron chi connectivity index (χ1n) is 19.2. The second kappa shape index (κ2) is 18.4. The number of phenolic OH excluding ortho intramolecular Hbond substituents is 1. The Balaban J connectivity index is 1.49. The van der Waals surface area contributed by atoms with E-state index in [0.717, 1.165) is 57.3 Å². The van der Waals surface area contributed by atoms with Crippen molar-refractivity contribution in [3.05, 3.63) is 112 Å². The third-order valence-corrected chi connectivity index (χ3v) is 10.0. The molecule has 0 aliphatic carbocycles. The average molecular weight is 716 g/mol. The topological polar surface area (TPSA) is 97.6 Å². The molecule has 2 N–H and O–H groups in total. The molecule has 0 saturated heterocycles. The van der Waals surface area contributed by atoms with Crippen molar-refractivity contribution in [2.45, 2.75) is 105 Å². The Morgan fingerprint density at radius 2 is 1.19 bits per heavy atom. The molecule has 7 heteroatoms. The fourth-order valence-electron chi connectivity index (χ4n) is 6.85. The maximum Gasteiger partial charge on any atom is 0.167 e. The summed E-state index contributed by atoms with van der Waals surface area (Å²) < 4.78 is 12.1. The van der Waals surface area contributed by atoms with Gasteiger partial charge in [-0.1, -0.05) is 137 Å². The van der Waals surface area contributed by atoms with Crippen molar-refractivity contribution < 1.29 is 19.7 Å². The lowest BCUT2D eigenvalue weighted by Gasteiger charge is -2.29. The van der Waals surface area contributed by atoms with Crippen LogP contribution in [0.25, 0.3) is 34.2 Å². The van der Waals surface area contributed by atoms with Crippen LogP contribution in [0.3, 0.4) is 0 Å². The number of rotatable bonds is 18. The van der Waals surface area contributed by atoms with Gasteiger partial charge in [-0.05, 0) is 56.9 Å². The van der Waals surface area contributed by atoms with Crippen LogP contribution in [-0.4, -0.2) is 51.1 Å². The van der Waals surface area contributed by atoms with Gasteiger partial charge in [-0.3, -0.25) is 0 Å². The van der Waals surface area contributed by atoms with Crippen LogP contribution in [0.5, 0.6) is 11.5 Å². The average Bonchev–Trinajstić information content (AvgIpc) is 3.13. The number of ether oxygens (including phenoxy) is 2. The maximum atomic E-state index is 11.7. The molecule has 0 aliphatic heterocycles. The predicted molar refractivity (Wildman–Crippen MR) is 216 cm³/mol. The highest BCUT2D eigenvalue weighted by Gasteiger charge is 2.30. The van der Waals surface area contributed by atoms with Crippen LogP contribution >= 0.6 is 0 Å². The molecular formula is C46H57N3O4. The van der Waals surface area contributed by atoms with Crippen LogP contribution in [0.1, 0.15) is 99.1 Å². The summed E-state index contributed by atoms with van der Waals surface area (Å²) in [5.74, 6) is 1.88. The van der Waals surface area contributed by atoms with Crippen LogP contribution in [-0.2, 0) is 10.2 Å². The molecule has 0 bridgehead atoms. The van der Waals surface area contributed by atoms with Crippen molar-refractivity contribution in [3.63, 3.8) is 0 Å². The summed E-state index contributed by atoms with van der Waals surface area (Å²) in [5.41, 5.74) is 8.04. The molecule has 1 atom stereocenters. The van der Waals surface area contributed by atoms with E-state index in [4.69, 9.17) is 24.4 Å². The summed E-state index contributed by atoms with van der Waals surface area (Å²) in [5, 5.41) is 22.5. The number of aliphatic hydroxyl groups is 1. The molecular weight excluding hydrogens is 659 g/mol. The lowest BCUT2D eigenvalue weighted by molar-refractivity contribution is 0.0106. The van der Waals surface area contributed by atoms with Crippen molar-refractivity contribution in [3.8, 4) is 45.7 Å². The van der Waals surface area contributed by atoms with Gasteiger partial charge in [-0.15, -0.1) is 0 Å². The number of aromatic hydroxyl groups is 1. The summed E-state index contributed by atoms with van der Waals surface area (Å²) in [7, 11) is 0. The van der Waals surface area contributed by atoms with Gasteiger partial charge < -0.3 is 19.7 Å². The highest BCUT2D eigenvalue weighted by atomic mass is 16.5. The minimum atomic E-state index is -0.821. The number of hydrogen-bond donors (Lipinski definition) is 2. The highest BCUT2D eigenvalue weighted by molar-refractivity contribution is 5.74. The van der Waals surface area contributed by atoms with Gasteiger partial charge in [0.1, 0.15) is 24.2 Å². The Morgan fingerprint density at radius 3 is 1.75 bits per heavy atom. The Kier molecular flexibility index (Phi) is 13.8. The monoisotopic (exact) mass is 715 g/mol. The third kappa shape index (κ3) is 10.3. The largest absolute Gasteiger partial charge is 0.507 e. The number of aliphatic hydroxyl groups excluding tert-OH is 1. The van der Waals surface area contributed by atoms with Crippen LogP contribution in [0.2, 0.25) is 0 Å². The van der Waals surface area contributed by atoms with Crippen LogP contribution < -0.4 is 4.74 Å². The van der Waals surface area contributed by atoms with Gasteiger partial charge in [0.2, 0.25) is 0 Å². The van der Waals surface area contributed by atoms with Crippen LogP contribution in [0.4, 0.5) is 0 Å². The normalized spacial score (nSPS) is 12.2. The zero-order valence-corrected chi connectivity index (χ0v) is 32.7. The van der Waals surface area contributed by atoms with Gasteiger partial charge in [-0.25, -0.2) is 15.0 Å². The zero-order chi connectivity index (χ0) is 38.0. The van der Waals surface area contributed by atoms with E-state index < -0.39 is 11.5 Å². The number of aryl methyl sites for hydroxylation is 4. The molecule has 280 valence electrons. The first-order chi connectivity index (χ1) is 25.5. The molecule has 1 unspecified atom stereocenters. The van der Waals surface area contributed by atoms with Gasteiger partial charge in [-0.2, -0.15) is 0 Å². The summed E-state index contributed by atoms with van der Waals surface area (Å²) >= 11 is 0. The highest BCUT2D eigenvalue weighted by Crippen LogP contribution is 2.43. The van der Waals surface area contributed by atoms with Crippen LogP contribution in [0, 0.1) is 27.7 Å². The Morgan fingerprint density at radius 1 is 0.642 bits per heavy atom. The summed E-state index contributed by atoms with van der Waals surface area (Å²) in [6.07, 6.45) is 7.64. The van der Waals surface area contributed by atoms with Crippen molar-refractivity contribution >= 4 is 0 Å². The molecule has 0 spiro atoms. The molecule has 0 fully saturated rings. The Bertz CT molecular complexity index is 1890. The molecule has 7 nitrogen and oxygen atoms in total. The molecule has 1 aromatic heterocycles. The van der Waals surface area contributed by atoms with Crippen LogP contribution in [0.15, 0.2) is 78.9 Å². The molecule has 0 radical (unpaired) electrons. The third-order valence-electron chi connectivity index (χ3n) is 10.0. The number of nitrogens with zero attached hydrogens (tertiary/aromatic N) is 3. The van der Waals surface area contributed by atoms with Gasteiger partial charge in [0, 0.05) is 34.8 Å². The molecule has 53 heavy (non-hydrogen) atoms. The van der Waals surface area contributed by atoms with Gasteiger partial charge >= 0.3 is 0 Å². The molecule has 0 aliphatic rings. The fraction of sp³-hybridized carbons (Fsp3) is 0.413. The molecule has 0 saturated carbocycles. The van der Waals surface area contributed by atoms with Crippen molar-refractivity contribution in [1.82, 2.24) is 15.0 Å². The lowest BCUT2D eigenvalue weighted by Crippen LogP contribution is -2.26. The second-order valence-corrected chi connectivity index (χ2v) is 15.0. The van der Waals surface area contributed by atoms with Gasteiger partial charge in [0.25, 0.3) is 0 Å². The Labute approximate surface area is 316 Å². The lowest BCUT2D eigenvalue weighted by atomic mass is 9.77. The smallest absolute Gasteiger partial charge is 0.167 e. The number of aromatic nitrogens is 3. The SMILES string of the molecule is CCCCCCCCCOCC(O)COc1cc(O)c(-c2nc(-c3ccc(C)cc3C)nc(-c3ccc(C)cc3C)n2)cc1C(C)(C)c1ccccc1. The molecule has 0 amide bonds. The molecule has 4 aromatic carbocycles. The molecule has 1 heterocycles. The number of benzene rings is 4. The van der Waals surface area contributed by atoms with E-state index in [1.54, 1.807) is 6.07 Å². The van der Waals surface area contributed by atoms with E-state index >= 15 is 0 Å². The fourth-order valence-corrected chi connectivity index (χ4v) is 6.85. The quantitative estimate of drug-likeness (QED) is 0.0872. The van der Waals surface area contributed by atoms with E-state index in [0.29, 0.717) is 35.4 Å². The maximum absolute atomic E-state index is 11.7. The molecule has 5 rings (SSSR count). The standard InChI is InChI=1S/C46H57N3O4/c1-8-9-10-11-12-13-17-24-52-29-36(50)30-53-42-28-41(51)39(27-40(42)46(6,7)35-18-15-14-16-19-35)45-48-43(37-22-20-31(2)25-33(37)4)47-44(49-45)38-23-21-32(3)26-34(38)5/h14-16,18-23,25-28,36,50-51H,8-13,17,24,29-30H2,1-7H3. The van der Waals surface area contributed by atoms with E-state index in [1.165, 1.54) is 32.1 Å². The number of phenols is 1. The van der Waals surface area contributed by atoms with Gasteiger partial charge in [0.05, 0.1) is 12.2 Å². The van der Waals surface area contributed by atoms with Crippen molar-refractivity contribution in [2.75, 3.05) is 19.8 Å². The predicted octanol–water partition coefficient (Wildman–Crippen LogP) is 10.6. The van der Waals surface area contributed by atoms with Gasteiger partial charge in [0.15, 0.2) is 17.5 Å². The van der Waals surface area contributed by atoms with E-state index in [2.05, 4.69) is 84.9 Å². The number of unbranched alkanes of at least 4 members (excludes halogenated alkanes) is 6. The van der Waals surface area contributed by atoms with Crippen molar-refractivity contribution in [2.24, 2.45) is 0 Å². The van der Waals surface area contributed by atoms with Crippen molar-refractivity contribution in [1.29, 1.82) is 0 Å². The van der Waals surface area contributed by atoms with E-state index in [9.17, 15) is 10.2 Å². The molecule has 5 aromatic rings. The Hall–Kier alpha value is -4.59. The summed E-state index contributed by atoms with van der Waals surface area (Å²) in [6, 6.07) is 26.2. The zero-order valence-electron chi connectivity index (χ0n) is 32.7. The van der Waals surface area contributed by atoms with E-state index in [1.807, 2.05) is 36.4 Å². The second-order valence-electron chi connectivity index (χ2n) is 15.0. The first kappa shape index (κ1) is 39.6. The summed E-state index contributed by atoms with van der Waals surface area (Å²) in [4.78, 5) is 15.0. The minimum absolute atomic E-state index is 0.0210. The van der Waals surface area contributed by atoms with E-state index in [-0.39, 0.29) is 19.0 Å². The number of hydrogen-bond acceptors (Lipinski definition) is 7.